The molecule has 1 unspecified atom stereocenters. The third-order valence-electron chi connectivity index (χ3n) is 2.55. The van der Waals surface area contributed by atoms with Crippen molar-refractivity contribution in [3.8, 4) is 6.07 Å². The fourth-order valence-electron chi connectivity index (χ4n) is 1.58. The van der Waals surface area contributed by atoms with E-state index < -0.39 is 6.10 Å². The van der Waals surface area contributed by atoms with Gasteiger partial charge in [0, 0.05) is 11.9 Å². The SMILES string of the molecule is N#Cc1ccc2nc(NCC(O)CO)ccc2c1. The van der Waals surface area contributed by atoms with Crippen LogP contribution in [0.5, 0.6) is 0 Å². The summed E-state index contributed by atoms with van der Waals surface area (Å²) in [6, 6.07) is 11.0. The van der Waals surface area contributed by atoms with Crippen molar-refractivity contribution in [1.82, 2.24) is 4.98 Å². The van der Waals surface area contributed by atoms with Crippen molar-refractivity contribution in [1.29, 1.82) is 5.26 Å². The number of rotatable bonds is 4. The number of nitrogens with zero attached hydrogens (tertiary/aromatic N) is 2. The summed E-state index contributed by atoms with van der Waals surface area (Å²) in [5.74, 6) is 0.625. The first-order valence-electron chi connectivity index (χ1n) is 5.56. The Labute approximate surface area is 104 Å². The van der Waals surface area contributed by atoms with Gasteiger partial charge in [0.05, 0.1) is 29.9 Å². The van der Waals surface area contributed by atoms with Gasteiger partial charge in [-0.2, -0.15) is 5.26 Å². The van der Waals surface area contributed by atoms with E-state index in [4.69, 9.17) is 10.4 Å². The molecule has 18 heavy (non-hydrogen) atoms. The lowest BCUT2D eigenvalue weighted by molar-refractivity contribution is 0.105. The number of fused-ring (bicyclic) bond motifs is 1. The zero-order chi connectivity index (χ0) is 13.0. The van der Waals surface area contributed by atoms with Gasteiger partial charge in [-0.25, -0.2) is 4.98 Å². The molecule has 0 bridgehead atoms. The van der Waals surface area contributed by atoms with Crippen LogP contribution in [-0.2, 0) is 0 Å². The minimum Gasteiger partial charge on any atom is -0.394 e. The summed E-state index contributed by atoms with van der Waals surface area (Å²) in [7, 11) is 0. The molecule has 1 atom stereocenters. The molecule has 0 fully saturated rings. The average Bonchev–Trinajstić information content (AvgIpc) is 2.43. The largest absolute Gasteiger partial charge is 0.394 e. The van der Waals surface area contributed by atoms with E-state index in [2.05, 4.69) is 16.4 Å². The van der Waals surface area contributed by atoms with Crippen LogP contribution in [0.4, 0.5) is 5.82 Å². The van der Waals surface area contributed by atoms with Gasteiger partial charge in [-0.1, -0.05) is 0 Å². The van der Waals surface area contributed by atoms with Crippen molar-refractivity contribution in [3.05, 3.63) is 35.9 Å². The van der Waals surface area contributed by atoms with Crippen molar-refractivity contribution >= 4 is 16.7 Å². The molecule has 5 heteroatoms. The summed E-state index contributed by atoms with van der Waals surface area (Å²) in [5.41, 5.74) is 1.37. The smallest absolute Gasteiger partial charge is 0.126 e. The maximum absolute atomic E-state index is 9.22. The van der Waals surface area contributed by atoms with Crippen LogP contribution in [0, 0.1) is 11.3 Å². The number of aromatic nitrogens is 1. The predicted molar refractivity (Wildman–Crippen MR) is 68.0 cm³/mol. The van der Waals surface area contributed by atoms with Crippen LogP contribution >= 0.6 is 0 Å². The van der Waals surface area contributed by atoms with Gasteiger partial charge < -0.3 is 15.5 Å². The Morgan fingerprint density at radius 3 is 2.89 bits per heavy atom. The van der Waals surface area contributed by atoms with Gasteiger partial charge >= 0.3 is 0 Å². The number of nitrogens with one attached hydrogen (secondary N) is 1. The van der Waals surface area contributed by atoms with Crippen LogP contribution in [0.3, 0.4) is 0 Å². The number of anilines is 1. The Hall–Kier alpha value is -2.16. The third kappa shape index (κ3) is 2.74. The van der Waals surface area contributed by atoms with E-state index in [1.165, 1.54) is 0 Å². The van der Waals surface area contributed by atoms with E-state index in [1.807, 2.05) is 6.07 Å². The first-order valence-corrected chi connectivity index (χ1v) is 5.56. The molecule has 92 valence electrons. The molecule has 5 nitrogen and oxygen atoms in total. The second kappa shape index (κ2) is 5.45. The molecule has 0 aliphatic heterocycles. The third-order valence-corrected chi connectivity index (χ3v) is 2.55. The molecule has 0 amide bonds. The highest BCUT2D eigenvalue weighted by atomic mass is 16.3. The van der Waals surface area contributed by atoms with Crippen LogP contribution in [0.25, 0.3) is 10.9 Å². The van der Waals surface area contributed by atoms with Crippen molar-refractivity contribution in [2.45, 2.75) is 6.10 Å². The minimum atomic E-state index is -0.802. The fraction of sp³-hybridized carbons (Fsp3) is 0.231. The van der Waals surface area contributed by atoms with Crippen LogP contribution in [0.1, 0.15) is 5.56 Å². The van der Waals surface area contributed by atoms with Crippen LogP contribution < -0.4 is 5.32 Å². The number of hydrogen-bond acceptors (Lipinski definition) is 5. The summed E-state index contributed by atoms with van der Waals surface area (Å²) in [4.78, 5) is 4.34. The van der Waals surface area contributed by atoms with Gasteiger partial charge in [-0.05, 0) is 30.3 Å². The molecule has 0 spiro atoms. The molecule has 3 N–H and O–H groups in total. The second-order valence-corrected chi connectivity index (χ2v) is 3.93. The molecule has 0 aliphatic carbocycles. The minimum absolute atomic E-state index is 0.241. The summed E-state index contributed by atoms with van der Waals surface area (Å²) < 4.78 is 0. The molecule has 2 aromatic rings. The summed E-state index contributed by atoms with van der Waals surface area (Å²) in [6.07, 6.45) is -0.802. The monoisotopic (exact) mass is 243 g/mol. The predicted octanol–water partition coefficient (Wildman–Crippen LogP) is 0.872. The lowest BCUT2D eigenvalue weighted by Crippen LogP contribution is -2.23. The molecule has 1 heterocycles. The lowest BCUT2D eigenvalue weighted by atomic mass is 10.1. The van der Waals surface area contributed by atoms with Crippen LogP contribution in [0.2, 0.25) is 0 Å². The summed E-state index contributed by atoms with van der Waals surface area (Å²) >= 11 is 0. The highest BCUT2D eigenvalue weighted by molar-refractivity contribution is 5.81. The molecule has 0 saturated heterocycles. The standard InChI is InChI=1S/C13H13N3O2/c14-6-9-1-3-12-10(5-9)2-4-13(16-12)15-7-11(18)8-17/h1-5,11,17-18H,7-8H2,(H,15,16). The quantitative estimate of drug-likeness (QED) is 0.741. The zero-order valence-corrected chi connectivity index (χ0v) is 9.67. The lowest BCUT2D eigenvalue weighted by Gasteiger charge is -2.10. The Morgan fingerprint density at radius 1 is 1.33 bits per heavy atom. The molecular weight excluding hydrogens is 230 g/mol. The van der Waals surface area contributed by atoms with E-state index in [-0.39, 0.29) is 13.2 Å². The molecule has 0 saturated carbocycles. The van der Waals surface area contributed by atoms with E-state index >= 15 is 0 Å². The Kier molecular flexibility index (Phi) is 3.72. The van der Waals surface area contributed by atoms with Gasteiger partial charge in [0.25, 0.3) is 0 Å². The second-order valence-electron chi connectivity index (χ2n) is 3.93. The molecule has 0 radical (unpaired) electrons. The first-order chi connectivity index (χ1) is 8.72. The van der Waals surface area contributed by atoms with E-state index in [0.29, 0.717) is 11.4 Å². The molecule has 1 aromatic heterocycles. The maximum atomic E-state index is 9.22. The number of hydrogen-bond donors (Lipinski definition) is 3. The first kappa shape index (κ1) is 12.3. The summed E-state index contributed by atoms with van der Waals surface area (Å²) in [6.45, 7) is -0.0442. The van der Waals surface area contributed by atoms with Gasteiger partial charge in [0.2, 0.25) is 0 Å². The highest BCUT2D eigenvalue weighted by Crippen LogP contribution is 2.16. The molecular formula is C13H13N3O2. The van der Waals surface area contributed by atoms with Crippen molar-refractivity contribution < 1.29 is 10.2 Å². The van der Waals surface area contributed by atoms with Crippen molar-refractivity contribution in [2.75, 3.05) is 18.5 Å². The Balaban J connectivity index is 2.20. The number of aliphatic hydroxyl groups is 2. The highest BCUT2D eigenvalue weighted by Gasteiger charge is 2.03. The fourth-order valence-corrected chi connectivity index (χ4v) is 1.58. The van der Waals surface area contributed by atoms with E-state index in [1.54, 1.807) is 24.3 Å². The van der Waals surface area contributed by atoms with Crippen molar-refractivity contribution in [3.63, 3.8) is 0 Å². The maximum Gasteiger partial charge on any atom is 0.126 e. The zero-order valence-electron chi connectivity index (χ0n) is 9.67. The van der Waals surface area contributed by atoms with Gasteiger partial charge in [-0.15, -0.1) is 0 Å². The topological polar surface area (TPSA) is 89.2 Å². The van der Waals surface area contributed by atoms with Crippen molar-refractivity contribution in [2.24, 2.45) is 0 Å². The number of benzene rings is 1. The Bertz CT molecular complexity index is 592. The number of nitriles is 1. The Morgan fingerprint density at radius 2 is 2.17 bits per heavy atom. The van der Waals surface area contributed by atoms with E-state index in [9.17, 15) is 5.11 Å². The summed E-state index contributed by atoms with van der Waals surface area (Å²) in [5, 5.41) is 30.5. The average molecular weight is 243 g/mol. The van der Waals surface area contributed by atoms with Crippen LogP contribution in [-0.4, -0.2) is 34.5 Å². The number of aliphatic hydroxyl groups excluding tert-OH is 2. The van der Waals surface area contributed by atoms with Gasteiger partial charge in [-0.3, -0.25) is 0 Å². The normalized spacial score (nSPS) is 12.1. The number of pyridine rings is 1. The molecule has 0 aliphatic rings. The van der Waals surface area contributed by atoms with Gasteiger partial charge in [0.15, 0.2) is 0 Å². The van der Waals surface area contributed by atoms with Gasteiger partial charge in [0.1, 0.15) is 5.82 Å². The van der Waals surface area contributed by atoms with E-state index in [0.717, 1.165) is 10.9 Å². The molecule has 1 aromatic carbocycles. The molecule has 2 rings (SSSR count). The van der Waals surface area contributed by atoms with Crippen LogP contribution in [0.15, 0.2) is 30.3 Å².